The molecule has 1 fully saturated rings. The predicted molar refractivity (Wildman–Crippen MR) is 121 cm³/mol. The second kappa shape index (κ2) is 9.26. The van der Waals surface area contributed by atoms with E-state index in [-0.39, 0.29) is 5.91 Å². The van der Waals surface area contributed by atoms with Crippen LogP contribution in [-0.2, 0) is 0 Å². The molecule has 5 nitrogen and oxygen atoms in total. The molecular formula is C25H29N3O2. The maximum Gasteiger partial charge on any atom is 0.252 e. The number of benzene rings is 2. The van der Waals surface area contributed by atoms with Gasteiger partial charge in [-0.25, -0.2) is 4.98 Å². The number of hydrogen-bond acceptors (Lipinski definition) is 4. The summed E-state index contributed by atoms with van der Waals surface area (Å²) >= 11 is 0. The molecule has 2 heterocycles. The summed E-state index contributed by atoms with van der Waals surface area (Å²) in [4.78, 5) is 20.4. The molecule has 1 N–H and O–H groups in total. The Morgan fingerprint density at radius 1 is 1.17 bits per heavy atom. The monoisotopic (exact) mass is 403 g/mol. The molecule has 0 saturated carbocycles. The van der Waals surface area contributed by atoms with Gasteiger partial charge in [-0.3, -0.25) is 9.69 Å². The minimum Gasteiger partial charge on any atom is -0.494 e. The number of likely N-dealkylation sites (tertiary alicyclic amines) is 1. The Kier molecular flexibility index (Phi) is 6.29. The van der Waals surface area contributed by atoms with Gasteiger partial charge < -0.3 is 10.1 Å². The number of rotatable bonds is 7. The lowest BCUT2D eigenvalue weighted by Gasteiger charge is -2.23. The maximum absolute atomic E-state index is 13.2. The largest absolute Gasteiger partial charge is 0.494 e. The highest BCUT2D eigenvalue weighted by Crippen LogP contribution is 2.26. The summed E-state index contributed by atoms with van der Waals surface area (Å²) in [7, 11) is 0. The van der Waals surface area contributed by atoms with Crippen LogP contribution in [0.25, 0.3) is 22.2 Å². The number of aromatic nitrogens is 1. The molecule has 3 aromatic rings. The molecule has 0 spiro atoms. The summed E-state index contributed by atoms with van der Waals surface area (Å²) in [6.45, 7) is 7.61. The fraction of sp³-hybridized carbons (Fsp3) is 0.360. The third-order valence-corrected chi connectivity index (χ3v) is 5.83. The van der Waals surface area contributed by atoms with Crippen molar-refractivity contribution in [3.05, 3.63) is 60.2 Å². The number of ether oxygens (including phenoxy) is 1. The molecule has 1 aliphatic heterocycles. The number of carbonyl (C=O) groups is 1. The van der Waals surface area contributed by atoms with Crippen molar-refractivity contribution in [1.29, 1.82) is 0 Å². The molecule has 156 valence electrons. The summed E-state index contributed by atoms with van der Waals surface area (Å²) in [5, 5.41) is 4.05. The zero-order valence-corrected chi connectivity index (χ0v) is 17.7. The van der Waals surface area contributed by atoms with Crippen molar-refractivity contribution in [3.8, 4) is 17.0 Å². The van der Waals surface area contributed by atoms with Gasteiger partial charge in [0.15, 0.2) is 0 Å². The van der Waals surface area contributed by atoms with Crippen molar-refractivity contribution >= 4 is 16.8 Å². The van der Waals surface area contributed by atoms with E-state index in [2.05, 4.69) is 17.1 Å². The smallest absolute Gasteiger partial charge is 0.252 e. The van der Waals surface area contributed by atoms with E-state index in [0.717, 1.165) is 47.4 Å². The van der Waals surface area contributed by atoms with Crippen molar-refractivity contribution in [2.24, 2.45) is 0 Å². The van der Waals surface area contributed by atoms with E-state index in [9.17, 15) is 4.79 Å². The SMILES string of the molecule is CCOc1ccc(-c2cc(C(=O)NCC3CCCN3CC)c3ccccc3n2)cc1. The van der Waals surface area contributed by atoms with Gasteiger partial charge in [-0.1, -0.05) is 25.1 Å². The zero-order valence-electron chi connectivity index (χ0n) is 17.7. The van der Waals surface area contributed by atoms with Gasteiger partial charge in [-0.05, 0) is 69.3 Å². The van der Waals surface area contributed by atoms with Gasteiger partial charge in [0.2, 0.25) is 0 Å². The van der Waals surface area contributed by atoms with Crippen molar-refractivity contribution in [3.63, 3.8) is 0 Å². The Labute approximate surface area is 178 Å². The number of carbonyl (C=O) groups excluding carboxylic acids is 1. The Morgan fingerprint density at radius 3 is 2.73 bits per heavy atom. The van der Waals surface area contributed by atoms with Crippen LogP contribution in [0.2, 0.25) is 0 Å². The number of pyridine rings is 1. The molecule has 0 radical (unpaired) electrons. The molecule has 1 amide bonds. The lowest BCUT2D eigenvalue weighted by atomic mass is 10.0. The molecular weight excluding hydrogens is 374 g/mol. The Morgan fingerprint density at radius 2 is 1.97 bits per heavy atom. The highest BCUT2D eigenvalue weighted by Gasteiger charge is 2.24. The molecule has 1 atom stereocenters. The zero-order chi connectivity index (χ0) is 20.9. The van der Waals surface area contributed by atoms with Crippen LogP contribution in [0.1, 0.15) is 37.0 Å². The average Bonchev–Trinajstić information content (AvgIpc) is 3.25. The first-order chi connectivity index (χ1) is 14.7. The van der Waals surface area contributed by atoms with Gasteiger partial charge in [-0.2, -0.15) is 0 Å². The highest BCUT2D eigenvalue weighted by atomic mass is 16.5. The fourth-order valence-electron chi connectivity index (χ4n) is 4.25. The minimum atomic E-state index is -0.0382. The third-order valence-electron chi connectivity index (χ3n) is 5.83. The summed E-state index contributed by atoms with van der Waals surface area (Å²) in [6.07, 6.45) is 2.34. The van der Waals surface area contributed by atoms with Crippen LogP contribution in [-0.4, -0.2) is 48.1 Å². The topological polar surface area (TPSA) is 54.5 Å². The van der Waals surface area contributed by atoms with Gasteiger partial charge in [0, 0.05) is 23.5 Å². The van der Waals surface area contributed by atoms with Crippen molar-refractivity contribution in [2.75, 3.05) is 26.2 Å². The van der Waals surface area contributed by atoms with Crippen molar-refractivity contribution < 1.29 is 9.53 Å². The molecule has 2 aromatic carbocycles. The molecule has 1 aliphatic rings. The predicted octanol–water partition coefficient (Wildman–Crippen LogP) is 4.51. The fourth-order valence-corrected chi connectivity index (χ4v) is 4.25. The third kappa shape index (κ3) is 4.31. The van der Waals surface area contributed by atoms with Gasteiger partial charge in [0.1, 0.15) is 5.75 Å². The maximum atomic E-state index is 13.2. The lowest BCUT2D eigenvalue weighted by molar-refractivity contribution is 0.0943. The van der Waals surface area contributed by atoms with Crippen LogP contribution in [0.4, 0.5) is 0 Å². The Hall–Kier alpha value is -2.92. The molecule has 4 rings (SSSR count). The van der Waals surface area contributed by atoms with Crippen LogP contribution in [0.15, 0.2) is 54.6 Å². The molecule has 5 heteroatoms. The first-order valence-electron chi connectivity index (χ1n) is 10.8. The molecule has 0 bridgehead atoms. The molecule has 30 heavy (non-hydrogen) atoms. The van der Waals surface area contributed by atoms with E-state index in [1.54, 1.807) is 0 Å². The first-order valence-corrected chi connectivity index (χ1v) is 10.8. The van der Waals surface area contributed by atoms with Gasteiger partial charge in [0.05, 0.1) is 23.4 Å². The number of nitrogens with one attached hydrogen (secondary N) is 1. The van der Waals surface area contributed by atoms with E-state index < -0.39 is 0 Å². The van der Waals surface area contributed by atoms with Crippen LogP contribution >= 0.6 is 0 Å². The quantitative estimate of drug-likeness (QED) is 0.630. The molecule has 1 unspecified atom stereocenters. The Balaban J connectivity index is 1.62. The van der Waals surface area contributed by atoms with Gasteiger partial charge >= 0.3 is 0 Å². The van der Waals surface area contributed by atoms with Crippen LogP contribution < -0.4 is 10.1 Å². The van der Waals surface area contributed by atoms with Crippen molar-refractivity contribution in [1.82, 2.24) is 15.2 Å². The van der Waals surface area contributed by atoms with Crippen molar-refractivity contribution in [2.45, 2.75) is 32.7 Å². The molecule has 1 saturated heterocycles. The summed E-state index contributed by atoms with van der Waals surface area (Å²) < 4.78 is 5.54. The normalized spacial score (nSPS) is 16.7. The summed E-state index contributed by atoms with van der Waals surface area (Å²) in [6, 6.07) is 18.0. The Bertz CT molecular complexity index is 1020. The van der Waals surface area contributed by atoms with E-state index in [1.807, 2.05) is 61.5 Å². The standard InChI is InChI=1S/C25H29N3O2/c1-3-28-15-7-8-19(28)17-26-25(29)22-16-24(27-23-10-6-5-9-21(22)23)18-11-13-20(14-12-18)30-4-2/h5-6,9-14,16,19H,3-4,7-8,15,17H2,1-2H3,(H,26,29). The summed E-state index contributed by atoms with van der Waals surface area (Å²) in [5.41, 5.74) is 3.25. The van der Waals surface area contributed by atoms with Gasteiger partial charge in [0.25, 0.3) is 5.91 Å². The van der Waals surface area contributed by atoms with E-state index in [1.165, 1.54) is 6.42 Å². The molecule has 0 aliphatic carbocycles. The number of hydrogen-bond donors (Lipinski definition) is 1. The number of amides is 1. The first kappa shape index (κ1) is 20.4. The average molecular weight is 404 g/mol. The minimum absolute atomic E-state index is 0.0382. The van der Waals surface area contributed by atoms with E-state index >= 15 is 0 Å². The second-order valence-corrected chi connectivity index (χ2v) is 7.66. The molecule has 1 aromatic heterocycles. The number of likely N-dealkylation sites (N-methyl/N-ethyl adjacent to an activating group) is 1. The second-order valence-electron chi connectivity index (χ2n) is 7.66. The lowest BCUT2D eigenvalue weighted by Crippen LogP contribution is -2.40. The number of nitrogens with zero attached hydrogens (tertiary/aromatic N) is 2. The van der Waals surface area contributed by atoms with Crippen LogP contribution in [0.5, 0.6) is 5.75 Å². The number of para-hydroxylation sites is 1. The number of fused-ring (bicyclic) bond motifs is 1. The van der Waals surface area contributed by atoms with E-state index in [0.29, 0.717) is 24.8 Å². The highest BCUT2D eigenvalue weighted by molar-refractivity contribution is 6.07. The van der Waals surface area contributed by atoms with E-state index in [4.69, 9.17) is 9.72 Å². The van der Waals surface area contributed by atoms with Gasteiger partial charge in [-0.15, -0.1) is 0 Å². The van der Waals surface area contributed by atoms with Crippen LogP contribution in [0, 0.1) is 0 Å². The van der Waals surface area contributed by atoms with Crippen LogP contribution in [0.3, 0.4) is 0 Å². The summed E-state index contributed by atoms with van der Waals surface area (Å²) in [5.74, 6) is 0.792.